The zero-order valence-electron chi connectivity index (χ0n) is 12.9. The lowest BCUT2D eigenvalue weighted by Gasteiger charge is -2.21. The second kappa shape index (κ2) is 9.00. The molecule has 0 aliphatic carbocycles. The average molecular weight is 292 g/mol. The van der Waals surface area contributed by atoms with Gasteiger partial charge in [0.25, 0.3) is 0 Å². The number of alkyl carbamates (subject to hydrolysis) is 1. The van der Waals surface area contributed by atoms with Gasteiger partial charge in [0.05, 0.1) is 12.6 Å². The Hall–Kier alpha value is -2.04. The monoisotopic (exact) mass is 292 g/mol. The van der Waals surface area contributed by atoms with Crippen LogP contribution < -0.4 is 10.6 Å². The van der Waals surface area contributed by atoms with Crippen molar-refractivity contribution in [1.29, 1.82) is 0 Å². The van der Waals surface area contributed by atoms with E-state index in [1.165, 1.54) is 0 Å². The molecule has 2 atom stereocenters. The Kier molecular flexibility index (Phi) is 7.29. The molecule has 2 N–H and O–H groups in total. The predicted octanol–water partition coefficient (Wildman–Crippen LogP) is 2.78. The summed E-state index contributed by atoms with van der Waals surface area (Å²) in [6, 6.07) is 9.02. The van der Waals surface area contributed by atoms with E-state index in [0.717, 1.165) is 12.0 Å². The Morgan fingerprint density at radius 3 is 2.38 bits per heavy atom. The minimum absolute atomic E-state index is 0.109. The first-order valence-corrected chi connectivity index (χ1v) is 7.37. The van der Waals surface area contributed by atoms with Crippen LogP contribution in [0.3, 0.4) is 0 Å². The van der Waals surface area contributed by atoms with Crippen molar-refractivity contribution in [2.75, 3.05) is 6.61 Å². The molecule has 0 aliphatic heterocycles. The van der Waals surface area contributed by atoms with E-state index in [2.05, 4.69) is 10.6 Å². The van der Waals surface area contributed by atoms with E-state index >= 15 is 0 Å². The lowest BCUT2D eigenvalue weighted by molar-refractivity contribution is -0.123. The molecule has 1 rings (SSSR count). The first-order chi connectivity index (χ1) is 10.1. The van der Waals surface area contributed by atoms with Crippen LogP contribution in [0.2, 0.25) is 0 Å². The number of rotatable bonds is 7. The fourth-order valence-corrected chi connectivity index (χ4v) is 2.01. The lowest BCUT2D eigenvalue weighted by Crippen LogP contribution is -2.47. The number of carbonyl (C=O) groups is 2. The van der Waals surface area contributed by atoms with Crippen molar-refractivity contribution in [3.8, 4) is 0 Å². The molecule has 0 aromatic heterocycles. The van der Waals surface area contributed by atoms with Crippen molar-refractivity contribution in [3.63, 3.8) is 0 Å². The highest BCUT2D eigenvalue weighted by Crippen LogP contribution is 2.11. The molecule has 0 aliphatic rings. The van der Waals surface area contributed by atoms with Crippen molar-refractivity contribution < 1.29 is 14.3 Å². The van der Waals surface area contributed by atoms with Crippen molar-refractivity contribution in [2.24, 2.45) is 0 Å². The maximum atomic E-state index is 12.3. The van der Waals surface area contributed by atoms with Gasteiger partial charge in [0.2, 0.25) is 5.91 Å². The van der Waals surface area contributed by atoms with Crippen molar-refractivity contribution in [2.45, 2.75) is 45.7 Å². The summed E-state index contributed by atoms with van der Waals surface area (Å²) in [5, 5.41) is 5.52. The molecule has 0 fully saturated rings. The summed E-state index contributed by atoms with van der Waals surface area (Å²) < 4.78 is 4.83. The summed E-state index contributed by atoms with van der Waals surface area (Å²) >= 11 is 0. The molecule has 0 spiro atoms. The van der Waals surface area contributed by atoms with Gasteiger partial charge in [-0.2, -0.15) is 0 Å². The normalized spacial score (nSPS) is 13.1. The van der Waals surface area contributed by atoms with Gasteiger partial charge in [0.1, 0.15) is 6.04 Å². The number of benzene rings is 1. The predicted molar refractivity (Wildman–Crippen MR) is 81.9 cm³/mol. The van der Waals surface area contributed by atoms with Gasteiger partial charge in [-0.15, -0.1) is 0 Å². The Balaban J connectivity index is 2.62. The topological polar surface area (TPSA) is 67.4 Å². The van der Waals surface area contributed by atoms with E-state index in [1.807, 2.05) is 44.2 Å². The van der Waals surface area contributed by atoms with Crippen LogP contribution in [0.25, 0.3) is 0 Å². The van der Waals surface area contributed by atoms with Crippen LogP contribution in [-0.4, -0.2) is 24.6 Å². The third-order valence-corrected chi connectivity index (χ3v) is 3.12. The lowest BCUT2D eigenvalue weighted by atomic mass is 10.1. The SMILES string of the molecule is CCC[C@H](NC(=O)OCC)C(=O)N[C@H](C)c1ccccc1. The number of carbonyl (C=O) groups excluding carboxylic acids is 2. The van der Waals surface area contributed by atoms with Gasteiger partial charge in [-0.1, -0.05) is 43.7 Å². The van der Waals surface area contributed by atoms with Crippen LogP contribution in [-0.2, 0) is 9.53 Å². The van der Waals surface area contributed by atoms with E-state index in [0.29, 0.717) is 6.42 Å². The molecule has 0 saturated heterocycles. The number of ether oxygens (including phenoxy) is 1. The Bertz CT molecular complexity index is 448. The van der Waals surface area contributed by atoms with Gasteiger partial charge >= 0.3 is 6.09 Å². The van der Waals surface area contributed by atoms with E-state index in [9.17, 15) is 9.59 Å². The molecular formula is C16H24N2O3. The van der Waals surface area contributed by atoms with Gasteiger partial charge in [-0.25, -0.2) is 4.79 Å². The molecule has 21 heavy (non-hydrogen) atoms. The third-order valence-electron chi connectivity index (χ3n) is 3.12. The van der Waals surface area contributed by atoms with Crippen LogP contribution in [0.15, 0.2) is 30.3 Å². The maximum Gasteiger partial charge on any atom is 0.407 e. The van der Waals surface area contributed by atoms with Crippen molar-refractivity contribution >= 4 is 12.0 Å². The minimum atomic E-state index is -0.569. The van der Waals surface area contributed by atoms with E-state index in [1.54, 1.807) is 6.92 Å². The molecule has 5 heteroatoms. The van der Waals surface area contributed by atoms with Gasteiger partial charge in [-0.3, -0.25) is 4.79 Å². The third kappa shape index (κ3) is 5.85. The van der Waals surface area contributed by atoms with Crippen LogP contribution in [0.4, 0.5) is 4.79 Å². The number of nitrogens with one attached hydrogen (secondary N) is 2. The maximum absolute atomic E-state index is 12.3. The molecule has 0 unspecified atom stereocenters. The minimum Gasteiger partial charge on any atom is -0.450 e. The van der Waals surface area contributed by atoms with Crippen LogP contribution in [0.1, 0.15) is 45.2 Å². The summed E-state index contributed by atoms with van der Waals surface area (Å²) in [6.07, 6.45) is 0.814. The largest absolute Gasteiger partial charge is 0.450 e. The van der Waals surface area contributed by atoms with Crippen LogP contribution >= 0.6 is 0 Å². The summed E-state index contributed by atoms with van der Waals surface area (Å²) in [7, 11) is 0. The first-order valence-electron chi connectivity index (χ1n) is 7.37. The van der Waals surface area contributed by atoms with Gasteiger partial charge < -0.3 is 15.4 Å². The smallest absolute Gasteiger partial charge is 0.407 e. The molecule has 0 heterocycles. The fraction of sp³-hybridized carbons (Fsp3) is 0.500. The molecule has 0 saturated carbocycles. The Labute approximate surface area is 126 Å². The van der Waals surface area contributed by atoms with E-state index in [4.69, 9.17) is 4.74 Å². The first kappa shape index (κ1) is 17.0. The highest BCUT2D eigenvalue weighted by atomic mass is 16.5. The van der Waals surface area contributed by atoms with E-state index < -0.39 is 12.1 Å². The second-order valence-corrected chi connectivity index (χ2v) is 4.85. The molecule has 0 bridgehead atoms. The summed E-state index contributed by atoms with van der Waals surface area (Å²) in [4.78, 5) is 23.8. The van der Waals surface area contributed by atoms with Crippen LogP contribution in [0.5, 0.6) is 0 Å². The number of hydrogen-bond acceptors (Lipinski definition) is 3. The van der Waals surface area contributed by atoms with Crippen molar-refractivity contribution in [1.82, 2.24) is 10.6 Å². The summed E-state index contributed by atoms with van der Waals surface area (Å²) in [5.74, 6) is -0.193. The zero-order valence-corrected chi connectivity index (χ0v) is 12.9. The highest BCUT2D eigenvalue weighted by molar-refractivity contribution is 5.85. The molecule has 116 valence electrons. The van der Waals surface area contributed by atoms with E-state index in [-0.39, 0.29) is 18.6 Å². The van der Waals surface area contributed by atoms with Gasteiger partial charge in [0.15, 0.2) is 0 Å². The molecule has 0 radical (unpaired) electrons. The number of hydrogen-bond donors (Lipinski definition) is 2. The van der Waals surface area contributed by atoms with Gasteiger partial charge in [0, 0.05) is 0 Å². The summed E-state index contributed by atoms with van der Waals surface area (Å²) in [6.45, 7) is 5.90. The van der Waals surface area contributed by atoms with Crippen molar-refractivity contribution in [3.05, 3.63) is 35.9 Å². The molecule has 5 nitrogen and oxygen atoms in total. The standard InChI is InChI=1S/C16H24N2O3/c1-4-9-14(18-16(20)21-5-2)15(19)17-12(3)13-10-7-6-8-11-13/h6-8,10-12,14H,4-5,9H2,1-3H3,(H,17,19)(H,18,20)/t12-,14+/m1/s1. The molecule has 1 aromatic carbocycles. The zero-order chi connectivity index (χ0) is 15.7. The Morgan fingerprint density at radius 1 is 1.14 bits per heavy atom. The average Bonchev–Trinajstić information content (AvgIpc) is 2.48. The van der Waals surface area contributed by atoms with Gasteiger partial charge in [-0.05, 0) is 25.8 Å². The molecule has 2 amide bonds. The Morgan fingerprint density at radius 2 is 1.81 bits per heavy atom. The second-order valence-electron chi connectivity index (χ2n) is 4.85. The van der Waals surface area contributed by atoms with Crippen LogP contribution in [0, 0.1) is 0 Å². The summed E-state index contributed by atoms with van der Waals surface area (Å²) in [5.41, 5.74) is 1.03. The molecular weight excluding hydrogens is 268 g/mol. The quantitative estimate of drug-likeness (QED) is 0.812. The highest BCUT2D eigenvalue weighted by Gasteiger charge is 2.22. The molecule has 1 aromatic rings. The fourth-order valence-electron chi connectivity index (χ4n) is 2.01. The number of amides is 2.